The zero-order valence-corrected chi connectivity index (χ0v) is 11.4. The lowest BCUT2D eigenvalue weighted by Crippen LogP contribution is -2.41. The molecule has 0 N–H and O–H groups in total. The minimum Gasteiger partial charge on any atom is -0.497 e. The van der Waals surface area contributed by atoms with Crippen LogP contribution in [0.15, 0.2) is 24.3 Å². The molecule has 1 aromatic carbocycles. The standard InChI is InChI=1S/C15H22O3/c1-12-9-11-17-15(2,18-12)10-8-13-4-6-14(16-3)7-5-13/h4-7,12H,8-11H2,1-3H3. The molecule has 2 unspecified atom stereocenters. The van der Waals surface area contributed by atoms with Crippen LogP contribution in [0, 0.1) is 0 Å². The first-order chi connectivity index (χ1) is 8.61. The fourth-order valence-corrected chi connectivity index (χ4v) is 2.25. The summed E-state index contributed by atoms with van der Waals surface area (Å²) in [6.45, 7) is 4.93. The van der Waals surface area contributed by atoms with E-state index in [1.54, 1.807) is 7.11 Å². The van der Waals surface area contributed by atoms with Crippen molar-refractivity contribution >= 4 is 0 Å². The molecule has 18 heavy (non-hydrogen) atoms. The number of aryl methyl sites for hydroxylation is 1. The third kappa shape index (κ3) is 3.47. The molecule has 0 aliphatic carbocycles. The third-order valence-corrected chi connectivity index (χ3v) is 3.41. The van der Waals surface area contributed by atoms with Crippen molar-refractivity contribution in [1.82, 2.24) is 0 Å². The molecule has 3 nitrogen and oxygen atoms in total. The van der Waals surface area contributed by atoms with Crippen LogP contribution in [0.25, 0.3) is 0 Å². The van der Waals surface area contributed by atoms with E-state index in [0.717, 1.165) is 31.6 Å². The van der Waals surface area contributed by atoms with Crippen LogP contribution in [0.3, 0.4) is 0 Å². The molecule has 2 atom stereocenters. The molecular weight excluding hydrogens is 228 g/mol. The maximum atomic E-state index is 5.89. The minimum absolute atomic E-state index is 0.291. The monoisotopic (exact) mass is 250 g/mol. The molecule has 0 amide bonds. The van der Waals surface area contributed by atoms with Gasteiger partial charge in [-0.2, -0.15) is 0 Å². The lowest BCUT2D eigenvalue weighted by molar-refractivity contribution is -0.282. The summed E-state index contributed by atoms with van der Waals surface area (Å²) in [5.74, 6) is 0.459. The van der Waals surface area contributed by atoms with Crippen LogP contribution in [0.1, 0.15) is 32.3 Å². The Labute approximate surface area is 109 Å². The van der Waals surface area contributed by atoms with Gasteiger partial charge in [0.25, 0.3) is 0 Å². The Hall–Kier alpha value is -1.06. The first kappa shape index (κ1) is 13.4. The average molecular weight is 250 g/mol. The Morgan fingerprint density at radius 3 is 2.67 bits per heavy atom. The second kappa shape index (κ2) is 5.72. The van der Waals surface area contributed by atoms with E-state index in [2.05, 4.69) is 19.1 Å². The number of rotatable bonds is 4. The molecule has 1 aromatic rings. The first-order valence-corrected chi connectivity index (χ1v) is 6.56. The van der Waals surface area contributed by atoms with Crippen LogP contribution in [0.4, 0.5) is 0 Å². The quantitative estimate of drug-likeness (QED) is 0.821. The predicted molar refractivity (Wildman–Crippen MR) is 70.8 cm³/mol. The lowest BCUT2D eigenvalue weighted by atomic mass is 10.0. The number of ether oxygens (including phenoxy) is 3. The van der Waals surface area contributed by atoms with Crippen LogP contribution in [-0.4, -0.2) is 25.6 Å². The van der Waals surface area contributed by atoms with Crippen molar-refractivity contribution in [2.45, 2.75) is 45.0 Å². The van der Waals surface area contributed by atoms with Gasteiger partial charge in [0.15, 0.2) is 5.79 Å². The summed E-state index contributed by atoms with van der Waals surface area (Å²) in [5, 5.41) is 0. The molecular formula is C15H22O3. The number of benzene rings is 1. The van der Waals surface area contributed by atoms with Crippen molar-refractivity contribution < 1.29 is 14.2 Å². The Bertz CT molecular complexity index is 374. The molecule has 1 fully saturated rings. The SMILES string of the molecule is COc1ccc(CCC2(C)OCCC(C)O2)cc1. The van der Waals surface area contributed by atoms with Crippen LogP contribution in [0.5, 0.6) is 5.75 Å². The maximum Gasteiger partial charge on any atom is 0.166 e. The van der Waals surface area contributed by atoms with Crippen LogP contribution in [0.2, 0.25) is 0 Å². The van der Waals surface area contributed by atoms with E-state index >= 15 is 0 Å². The van der Waals surface area contributed by atoms with Crippen molar-refractivity contribution in [2.24, 2.45) is 0 Å². The summed E-state index contributed by atoms with van der Waals surface area (Å²) in [4.78, 5) is 0. The second-order valence-electron chi connectivity index (χ2n) is 5.05. The summed E-state index contributed by atoms with van der Waals surface area (Å²) in [5.41, 5.74) is 1.28. The van der Waals surface area contributed by atoms with E-state index in [0.29, 0.717) is 6.10 Å². The minimum atomic E-state index is -0.433. The van der Waals surface area contributed by atoms with E-state index in [-0.39, 0.29) is 0 Å². The average Bonchev–Trinajstić information content (AvgIpc) is 2.37. The molecule has 1 saturated heterocycles. The summed E-state index contributed by atoms with van der Waals surface area (Å²) >= 11 is 0. The van der Waals surface area contributed by atoms with Crippen LogP contribution >= 0.6 is 0 Å². The summed E-state index contributed by atoms with van der Waals surface area (Å²) < 4.78 is 16.8. The van der Waals surface area contributed by atoms with Gasteiger partial charge in [-0.25, -0.2) is 0 Å². The molecule has 1 heterocycles. The van der Waals surface area contributed by atoms with E-state index in [9.17, 15) is 0 Å². The highest BCUT2D eigenvalue weighted by atomic mass is 16.7. The molecule has 1 aliphatic heterocycles. The molecule has 3 heteroatoms. The predicted octanol–water partition coefficient (Wildman–Crippen LogP) is 3.17. The zero-order valence-electron chi connectivity index (χ0n) is 11.4. The van der Waals surface area contributed by atoms with E-state index < -0.39 is 5.79 Å². The largest absolute Gasteiger partial charge is 0.497 e. The van der Waals surface area contributed by atoms with Crippen LogP contribution in [-0.2, 0) is 15.9 Å². The van der Waals surface area contributed by atoms with Gasteiger partial charge in [-0.05, 0) is 44.4 Å². The topological polar surface area (TPSA) is 27.7 Å². The summed E-state index contributed by atoms with van der Waals surface area (Å²) in [6, 6.07) is 8.16. The van der Waals surface area contributed by atoms with Gasteiger partial charge in [-0.3, -0.25) is 0 Å². The molecule has 2 rings (SSSR count). The molecule has 0 aromatic heterocycles. The fourth-order valence-electron chi connectivity index (χ4n) is 2.25. The summed E-state index contributed by atoms with van der Waals surface area (Å²) in [7, 11) is 1.68. The van der Waals surface area contributed by atoms with Gasteiger partial charge in [0.05, 0.1) is 19.8 Å². The second-order valence-corrected chi connectivity index (χ2v) is 5.05. The van der Waals surface area contributed by atoms with Crippen molar-refractivity contribution in [2.75, 3.05) is 13.7 Å². The van der Waals surface area contributed by atoms with Gasteiger partial charge in [0, 0.05) is 6.42 Å². The van der Waals surface area contributed by atoms with Gasteiger partial charge in [0.1, 0.15) is 5.75 Å². The first-order valence-electron chi connectivity index (χ1n) is 6.56. The Balaban J connectivity index is 1.89. The van der Waals surface area contributed by atoms with Crippen molar-refractivity contribution in [1.29, 1.82) is 0 Å². The van der Waals surface area contributed by atoms with E-state index in [1.165, 1.54) is 5.56 Å². The Morgan fingerprint density at radius 1 is 1.33 bits per heavy atom. The van der Waals surface area contributed by atoms with Gasteiger partial charge >= 0.3 is 0 Å². The highest BCUT2D eigenvalue weighted by Crippen LogP contribution is 2.27. The molecule has 0 radical (unpaired) electrons. The van der Waals surface area contributed by atoms with Gasteiger partial charge in [-0.1, -0.05) is 12.1 Å². The highest BCUT2D eigenvalue weighted by Gasteiger charge is 2.31. The number of hydrogen-bond donors (Lipinski definition) is 0. The Morgan fingerprint density at radius 2 is 2.06 bits per heavy atom. The molecule has 100 valence electrons. The number of methoxy groups -OCH3 is 1. The molecule has 0 spiro atoms. The van der Waals surface area contributed by atoms with Crippen molar-refractivity contribution in [3.8, 4) is 5.75 Å². The lowest BCUT2D eigenvalue weighted by Gasteiger charge is -2.37. The normalized spacial score (nSPS) is 28.1. The maximum absolute atomic E-state index is 5.89. The van der Waals surface area contributed by atoms with E-state index in [4.69, 9.17) is 14.2 Å². The molecule has 0 saturated carbocycles. The van der Waals surface area contributed by atoms with Gasteiger partial charge < -0.3 is 14.2 Å². The van der Waals surface area contributed by atoms with Crippen molar-refractivity contribution in [3.63, 3.8) is 0 Å². The van der Waals surface area contributed by atoms with Crippen molar-refractivity contribution in [3.05, 3.63) is 29.8 Å². The summed E-state index contributed by atoms with van der Waals surface area (Å²) in [6.07, 6.45) is 3.11. The number of hydrogen-bond acceptors (Lipinski definition) is 3. The molecule has 1 aliphatic rings. The Kier molecular flexibility index (Phi) is 4.25. The third-order valence-electron chi connectivity index (χ3n) is 3.41. The molecule has 0 bridgehead atoms. The zero-order chi connectivity index (χ0) is 13.0. The van der Waals surface area contributed by atoms with Crippen LogP contribution < -0.4 is 4.74 Å². The van der Waals surface area contributed by atoms with Gasteiger partial charge in [-0.15, -0.1) is 0 Å². The van der Waals surface area contributed by atoms with Gasteiger partial charge in [0.2, 0.25) is 0 Å². The van der Waals surface area contributed by atoms with E-state index in [1.807, 2.05) is 19.1 Å². The smallest absolute Gasteiger partial charge is 0.166 e. The highest BCUT2D eigenvalue weighted by molar-refractivity contribution is 5.27. The fraction of sp³-hybridized carbons (Fsp3) is 0.600.